The minimum absolute atomic E-state index is 0.569. The summed E-state index contributed by atoms with van der Waals surface area (Å²) in [5.41, 5.74) is 0. The predicted molar refractivity (Wildman–Crippen MR) is 77.1 cm³/mol. The van der Waals surface area contributed by atoms with Crippen molar-refractivity contribution in [2.24, 2.45) is 0 Å². The number of aromatic nitrogens is 3. The highest BCUT2D eigenvalue weighted by Gasteiger charge is 2.03. The molecule has 0 saturated carbocycles. The van der Waals surface area contributed by atoms with E-state index >= 15 is 0 Å². The molecule has 0 aliphatic rings. The molecule has 1 N–H and O–H groups in total. The summed E-state index contributed by atoms with van der Waals surface area (Å²) in [6.45, 7) is 5.76. The standard InChI is InChI=1S/C13H26N4O4/c1-18-5-3-14-11-13-15-12-16-17(13)4-6-20-9-10-21-8-7-19-2/h12,14H,3-11H2,1-2H3. The molecule has 0 radical (unpaired) electrons. The highest BCUT2D eigenvalue weighted by molar-refractivity contribution is 4.83. The van der Waals surface area contributed by atoms with Crippen LogP contribution in [-0.2, 0) is 32.0 Å². The Morgan fingerprint density at radius 1 is 1.00 bits per heavy atom. The number of rotatable bonds is 14. The van der Waals surface area contributed by atoms with Crippen LogP contribution < -0.4 is 5.32 Å². The minimum Gasteiger partial charge on any atom is -0.383 e. The molecule has 0 amide bonds. The van der Waals surface area contributed by atoms with Gasteiger partial charge in [0.25, 0.3) is 0 Å². The molecule has 8 heteroatoms. The van der Waals surface area contributed by atoms with E-state index in [9.17, 15) is 0 Å². The molecule has 0 bridgehead atoms. The third-order valence-electron chi connectivity index (χ3n) is 2.71. The van der Waals surface area contributed by atoms with Crippen molar-refractivity contribution in [3.63, 3.8) is 0 Å². The van der Waals surface area contributed by atoms with Gasteiger partial charge in [0.2, 0.25) is 0 Å². The molecular weight excluding hydrogens is 276 g/mol. The predicted octanol–water partition coefficient (Wildman–Crippen LogP) is -0.306. The van der Waals surface area contributed by atoms with Gasteiger partial charge in [-0.15, -0.1) is 0 Å². The fourth-order valence-corrected chi connectivity index (χ4v) is 1.60. The first-order valence-corrected chi connectivity index (χ1v) is 7.09. The van der Waals surface area contributed by atoms with Gasteiger partial charge in [-0.05, 0) is 0 Å². The molecule has 1 aromatic rings. The quantitative estimate of drug-likeness (QED) is 0.472. The first kappa shape index (κ1) is 18.0. The summed E-state index contributed by atoms with van der Waals surface area (Å²) < 4.78 is 22.5. The van der Waals surface area contributed by atoms with Gasteiger partial charge in [0, 0.05) is 20.8 Å². The zero-order valence-corrected chi connectivity index (χ0v) is 12.9. The molecule has 8 nitrogen and oxygen atoms in total. The summed E-state index contributed by atoms with van der Waals surface area (Å²) in [4.78, 5) is 4.22. The van der Waals surface area contributed by atoms with Crippen LogP contribution in [0.3, 0.4) is 0 Å². The van der Waals surface area contributed by atoms with Crippen molar-refractivity contribution >= 4 is 0 Å². The number of hydrogen-bond acceptors (Lipinski definition) is 7. The first-order valence-electron chi connectivity index (χ1n) is 7.09. The number of nitrogens with one attached hydrogen (secondary N) is 1. The van der Waals surface area contributed by atoms with Gasteiger partial charge < -0.3 is 24.3 Å². The summed E-state index contributed by atoms with van der Waals surface area (Å²) in [6.07, 6.45) is 1.56. The molecule has 0 saturated heterocycles. The summed E-state index contributed by atoms with van der Waals surface area (Å²) in [6, 6.07) is 0. The van der Waals surface area contributed by atoms with E-state index in [0.29, 0.717) is 52.7 Å². The van der Waals surface area contributed by atoms with Crippen molar-refractivity contribution in [2.45, 2.75) is 13.1 Å². The maximum atomic E-state index is 5.49. The summed E-state index contributed by atoms with van der Waals surface area (Å²) in [5.74, 6) is 0.894. The van der Waals surface area contributed by atoms with Gasteiger partial charge in [-0.3, -0.25) is 0 Å². The zero-order valence-electron chi connectivity index (χ0n) is 12.9. The average Bonchev–Trinajstić information content (AvgIpc) is 2.94. The maximum absolute atomic E-state index is 5.49. The van der Waals surface area contributed by atoms with E-state index in [2.05, 4.69) is 15.4 Å². The highest BCUT2D eigenvalue weighted by Crippen LogP contribution is 1.94. The Balaban J connectivity index is 2.05. The van der Waals surface area contributed by atoms with Crippen LogP contribution in [0.25, 0.3) is 0 Å². The molecule has 0 spiro atoms. The van der Waals surface area contributed by atoms with Crippen molar-refractivity contribution in [2.75, 3.05) is 60.4 Å². The lowest BCUT2D eigenvalue weighted by Gasteiger charge is -2.08. The molecule has 0 fully saturated rings. The van der Waals surface area contributed by atoms with Gasteiger partial charge in [-0.1, -0.05) is 0 Å². The van der Waals surface area contributed by atoms with Crippen molar-refractivity contribution in [3.8, 4) is 0 Å². The molecule has 0 aliphatic carbocycles. The Morgan fingerprint density at radius 2 is 1.71 bits per heavy atom. The topological polar surface area (TPSA) is 79.7 Å². The number of nitrogens with zero attached hydrogens (tertiary/aromatic N) is 3. The second-order valence-corrected chi connectivity index (χ2v) is 4.29. The van der Waals surface area contributed by atoms with Gasteiger partial charge >= 0.3 is 0 Å². The summed E-state index contributed by atoms with van der Waals surface area (Å²) in [5, 5.41) is 7.42. The Kier molecular flexibility index (Phi) is 10.8. The van der Waals surface area contributed by atoms with Gasteiger partial charge in [0.1, 0.15) is 12.2 Å². The number of hydrogen-bond donors (Lipinski definition) is 1. The van der Waals surface area contributed by atoms with E-state index < -0.39 is 0 Å². The highest BCUT2D eigenvalue weighted by atomic mass is 16.5. The fraction of sp³-hybridized carbons (Fsp3) is 0.846. The van der Waals surface area contributed by atoms with Crippen LogP contribution >= 0.6 is 0 Å². The summed E-state index contributed by atoms with van der Waals surface area (Å²) in [7, 11) is 3.33. The van der Waals surface area contributed by atoms with E-state index in [0.717, 1.165) is 12.4 Å². The van der Waals surface area contributed by atoms with Crippen LogP contribution in [-0.4, -0.2) is 75.2 Å². The lowest BCUT2D eigenvalue weighted by Crippen LogP contribution is -2.22. The molecule has 21 heavy (non-hydrogen) atoms. The second kappa shape index (κ2) is 12.7. The van der Waals surface area contributed by atoms with Gasteiger partial charge in [-0.2, -0.15) is 5.10 Å². The van der Waals surface area contributed by atoms with Gasteiger partial charge in [-0.25, -0.2) is 9.67 Å². The van der Waals surface area contributed by atoms with E-state index in [1.807, 2.05) is 4.68 Å². The molecular formula is C13H26N4O4. The Hall–Kier alpha value is -1.06. The van der Waals surface area contributed by atoms with Crippen molar-refractivity contribution in [1.82, 2.24) is 20.1 Å². The second-order valence-electron chi connectivity index (χ2n) is 4.29. The Labute approximate surface area is 125 Å². The largest absolute Gasteiger partial charge is 0.383 e. The zero-order chi connectivity index (χ0) is 15.2. The SMILES string of the molecule is COCCNCc1ncnn1CCOCCOCCOC. The minimum atomic E-state index is 0.569. The van der Waals surface area contributed by atoms with Gasteiger partial charge in [0.05, 0.1) is 52.7 Å². The third-order valence-corrected chi connectivity index (χ3v) is 2.71. The number of ether oxygens (including phenoxy) is 4. The Morgan fingerprint density at radius 3 is 2.48 bits per heavy atom. The molecule has 0 aromatic carbocycles. The average molecular weight is 302 g/mol. The molecule has 1 rings (SSSR count). The van der Waals surface area contributed by atoms with Crippen LogP contribution in [0.1, 0.15) is 5.82 Å². The van der Waals surface area contributed by atoms with Crippen molar-refractivity contribution < 1.29 is 18.9 Å². The first-order chi connectivity index (χ1) is 10.4. The molecule has 122 valence electrons. The third kappa shape index (κ3) is 8.74. The van der Waals surface area contributed by atoms with Crippen LogP contribution in [0.4, 0.5) is 0 Å². The van der Waals surface area contributed by atoms with Gasteiger partial charge in [0.15, 0.2) is 0 Å². The van der Waals surface area contributed by atoms with Crippen LogP contribution in [0, 0.1) is 0 Å². The van der Waals surface area contributed by atoms with Crippen molar-refractivity contribution in [1.29, 1.82) is 0 Å². The van der Waals surface area contributed by atoms with E-state index in [1.54, 1.807) is 20.5 Å². The molecule has 0 atom stereocenters. The normalized spacial score (nSPS) is 11.1. The molecule has 0 unspecified atom stereocenters. The Bertz CT molecular complexity index is 349. The lowest BCUT2D eigenvalue weighted by molar-refractivity contribution is 0.0224. The van der Waals surface area contributed by atoms with Crippen LogP contribution in [0.15, 0.2) is 6.33 Å². The van der Waals surface area contributed by atoms with Crippen LogP contribution in [0.2, 0.25) is 0 Å². The molecule has 1 heterocycles. The van der Waals surface area contributed by atoms with E-state index in [-0.39, 0.29) is 0 Å². The monoisotopic (exact) mass is 302 g/mol. The summed E-state index contributed by atoms with van der Waals surface area (Å²) >= 11 is 0. The van der Waals surface area contributed by atoms with E-state index in [1.165, 1.54) is 0 Å². The smallest absolute Gasteiger partial charge is 0.140 e. The van der Waals surface area contributed by atoms with E-state index in [4.69, 9.17) is 18.9 Å². The molecule has 0 aliphatic heterocycles. The fourth-order valence-electron chi connectivity index (χ4n) is 1.60. The molecule has 1 aromatic heterocycles. The van der Waals surface area contributed by atoms with Crippen molar-refractivity contribution in [3.05, 3.63) is 12.2 Å². The number of methoxy groups -OCH3 is 2. The maximum Gasteiger partial charge on any atom is 0.140 e. The van der Waals surface area contributed by atoms with Crippen LogP contribution in [0.5, 0.6) is 0 Å². The lowest BCUT2D eigenvalue weighted by atomic mass is 10.5.